The highest BCUT2D eigenvalue weighted by atomic mass is 16.1. The van der Waals surface area contributed by atoms with E-state index >= 15 is 0 Å². The lowest BCUT2D eigenvalue weighted by Crippen LogP contribution is -2.32. The third-order valence-corrected chi connectivity index (χ3v) is 2.66. The van der Waals surface area contributed by atoms with Crippen LogP contribution in [0.5, 0.6) is 0 Å². The minimum atomic E-state index is -0.307. The lowest BCUT2D eigenvalue weighted by atomic mass is 10.1. The van der Waals surface area contributed by atoms with Crippen molar-refractivity contribution in [3.8, 4) is 11.3 Å². The number of hydrogen-bond acceptors (Lipinski definition) is 2. The summed E-state index contributed by atoms with van der Waals surface area (Å²) in [5.41, 5.74) is 7.27. The molecule has 3 N–H and O–H groups in total. The molecule has 0 saturated carbocycles. The van der Waals surface area contributed by atoms with Crippen molar-refractivity contribution in [1.82, 2.24) is 9.78 Å². The zero-order valence-electron chi connectivity index (χ0n) is 10.3. The topological polar surface area (TPSA) is 63.8 Å². The van der Waals surface area contributed by atoms with E-state index in [1.54, 1.807) is 4.68 Å². The van der Waals surface area contributed by atoms with Crippen LogP contribution in [-0.2, 0) is 5.54 Å². The van der Waals surface area contributed by atoms with Gasteiger partial charge in [0, 0.05) is 5.56 Å². The van der Waals surface area contributed by atoms with E-state index in [0.717, 1.165) is 5.56 Å². The van der Waals surface area contributed by atoms with Gasteiger partial charge in [0.1, 0.15) is 5.69 Å². The molecule has 0 saturated heterocycles. The molecule has 4 nitrogen and oxygen atoms in total. The number of nitrogens with zero attached hydrogens (tertiary/aromatic N) is 1. The van der Waals surface area contributed by atoms with Gasteiger partial charge in [-0.3, -0.25) is 9.89 Å². The van der Waals surface area contributed by atoms with Crippen molar-refractivity contribution in [2.45, 2.75) is 26.3 Å². The van der Waals surface area contributed by atoms with E-state index in [4.69, 9.17) is 5.73 Å². The van der Waals surface area contributed by atoms with Crippen LogP contribution in [0.3, 0.4) is 0 Å². The van der Waals surface area contributed by atoms with E-state index in [2.05, 4.69) is 5.10 Å². The van der Waals surface area contributed by atoms with Crippen molar-refractivity contribution in [2.75, 3.05) is 5.73 Å². The molecular formula is C13H17N3O. The SMILES string of the molecule is CC(C)(C)n1[nH]c(-c2ccccc2)c(N)c1=O. The van der Waals surface area contributed by atoms with E-state index in [1.807, 2.05) is 51.1 Å². The Balaban J connectivity index is 2.63. The molecule has 0 atom stereocenters. The van der Waals surface area contributed by atoms with Crippen molar-refractivity contribution >= 4 is 5.69 Å². The molecule has 0 radical (unpaired) electrons. The molecule has 2 rings (SSSR count). The lowest BCUT2D eigenvalue weighted by Gasteiger charge is -2.19. The standard InChI is InChI=1S/C13H17N3O/c1-13(2,3)16-12(17)10(14)11(15-16)9-7-5-4-6-8-9/h4-8,15H,14H2,1-3H3. The zero-order chi connectivity index (χ0) is 12.6. The van der Waals surface area contributed by atoms with Gasteiger partial charge in [-0.1, -0.05) is 30.3 Å². The summed E-state index contributed by atoms with van der Waals surface area (Å²) in [6.45, 7) is 5.87. The number of nitrogen functional groups attached to an aromatic ring is 1. The molecule has 1 aromatic heterocycles. The summed E-state index contributed by atoms with van der Waals surface area (Å²) in [7, 11) is 0. The first-order valence-electron chi connectivity index (χ1n) is 5.57. The van der Waals surface area contributed by atoms with E-state index in [9.17, 15) is 4.79 Å². The molecule has 0 aliphatic heterocycles. The molecule has 0 unspecified atom stereocenters. The summed E-state index contributed by atoms with van der Waals surface area (Å²) < 4.78 is 1.56. The second-order valence-electron chi connectivity index (χ2n) is 5.08. The van der Waals surface area contributed by atoms with E-state index in [-0.39, 0.29) is 16.8 Å². The first-order chi connectivity index (χ1) is 7.91. The van der Waals surface area contributed by atoms with Gasteiger partial charge in [-0.25, -0.2) is 4.68 Å². The fraction of sp³-hybridized carbons (Fsp3) is 0.308. The number of aromatic nitrogens is 2. The largest absolute Gasteiger partial charge is 0.392 e. The molecule has 0 aliphatic rings. The maximum atomic E-state index is 12.0. The number of benzene rings is 1. The van der Waals surface area contributed by atoms with Crippen LogP contribution in [0.15, 0.2) is 35.1 Å². The van der Waals surface area contributed by atoms with Gasteiger partial charge >= 0.3 is 0 Å². The normalized spacial score (nSPS) is 11.7. The molecule has 0 amide bonds. The van der Waals surface area contributed by atoms with Gasteiger partial charge in [-0.2, -0.15) is 0 Å². The predicted molar refractivity (Wildman–Crippen MR) is 69.9 cm³/mol. The molecule has 0 bridgehead atoms. The Morgan fingerprint density at radius 2 is 1.76 bits per heavy atom. The molecular weight excluding hydrogens is 214 g/mol. The third kappa shape index (κ3) is 1.98. The molecule has 4 heteroatoms. The summed E-state index contributed by atoms with van der Waals surface area (Å²) in [6.07, 6.45) is 0. The molecule has 0 spiro atoms. The van der Waals surface area contributed by atoms with Crippen molar-refractivity contribution in [2.24, 2.45) is 0 Å². The Bertz CT molecular complexity index is 573. The lowest BCUT2D eigenvalue weighted by molar-refractivity contribution is 0.346. The molecule has 17 heavy (non-hydrogen) atoms. The Hall–Kier alpha value is -1.97. The van der Waals surface area contributed by atoms with Crippen LogP contribution in [0.25, 0.3) is 11.3 Å². The molecule has 0 aliphatic carbocycles. The second kappa shape index (κ2) is 3.80. The first kappa shape index (κ1) is 11.5. The highest BCUT2D eigenvalue weighted by Crippen LogP contribution is 2.22. The highest BCUT2D eigenvalue weighted by Gasteiger charge is 2.21. The zero-order valence-corrected chi connectivity index (χ0v) is 10.3. The number of H-pyrrole nitrogens is 1. The van der Waals surface area contributed by atoms with Crippen LogP contribution in [0.4, 0.5) is 5.69 Å². The highest BCUT2D eigenvalue weighted by molar-refractivity contribution is 5.71. The van der Waals surface area contributed by atoms with E-state index < -0.39 is 0 Å². The Morgan fingerprint density at radius 1 is 1.18 bits per heavy atom. The molecule has 2 aromatic rings. The summed E-state index contributed by atoms with van der Waals surface area (Å²) >= 11 is 0. The molecule has 1 heterocycles. The van der Waals surface area contributed by atoms with Gasteiger partial charge in [-0.05, 0) is 20.8 Å². The van der Waals surface area contributed by atoms with Crippen LogP contribution in [0.2, 0.25) is 0 Å². The van der Waals surface area contributed by atoms with Gasteiger partial charge in [0.15, 0.2) is 0 Å². The van der Waals surface area contributed by atoms with Crippen LogP contribution in [0.1, 0.15) is 20.8 Å². The van der Waals surface area contributed by atoms with Gasteiger partial charge in [0.25, 0.3) is 5.56 Å². The van der Waals surface area contributed by atoms with Crippen molar-refractivity contribution < 1.29 is 0 Å². The number of hydrogen-bond donors (Lipinski definition) is 2. The fourth-order valence-corrected chi connectivity index (χ4v) is 1.75. The quantitative estimate of drug-likeness (QED) is 0.790. The second-order valence-corrected chi connectivity index (χ2v) is 5.08. The molecule has 90 valence electrons. The molecule has 1 aromatic carbocycles. The summed E-state index contributed by atoms with van der Waals surface area (Å²) in [4.78, 5) is 12.0. The minimum Gasteiger partial charge on any atom is -0.392 e. The van der Waals surface area contributed by atoms with Crippen molar-refractivity contribution in [3.05, 3.63) is 40.7 Å². The van der Waals surface area contributed by atoms with E-state index in [1.165, 1.54) is 0 Å². The van der Waals surface area contributed by atoms with Gasteiger partial charge in [0.2, 0.25) is 0 Å². The monoisotopic (exact) mass is 231 g/mol. The van der Waals surface area contributed by atoms with Crippen LogP contribution in [0, 0.1) is 0 Å². The Morgan fingerprint density at radius 3 is 2.24 bits per heavy atom. The maximum Gasteiger partial charge on any atom is 0.290 e. The number of rotatable bonds is 1. The van der Waals surface area contributed by atoms with Crippen LogP contribution in [-0.4, -0.2) is 9.78 Å². The average Bonchev–Trinajstić information content (AvgIpc) is 2.57. The van der Waals surface area contributed by atoms with Gasteiger partial charge in [0.05, 0.1) is 11.2 Å². The van der Waals surface area contributed by atoms with Crippen molar-refractivity contribution in [3.63, 3.8) is 0 Å². The first-order valence-corrected chi connectivity index (χ1v) is 5.57. The van der Waals surface area contributed by atoms with Gasteiger partial charge in [-0.15, -0.1) is 0 Å². The average molecular weight is 231 g/mol. The maximum absolute atomic E-state index is 12.0. The number of anilines is 1. The van der Waals surface area contributed by atoms with Crippen LogP contribution < -0.4 is 11.3 Å². The predicted octanol–water partition coefficient (Wildman–Crippen LogP) is 2.18. The Kier molecular flexibility index (Phi) is 2.58. The fourth-order valence-electron chi connectivity index (χ4n) is 1.75. The van der Waals surface area contributed by atoms with Gasteiger partial charge < -0.3 is 5.73 Å². The number of nitrogens with one attached hydrogen (secondary N) is 1. The number of aromatic amines is 1. The summed E-state index contributed by atoms with van der Waals surface area (Å²) in [5.74, 6) is 0. The van der Waals surface area contributed by atoms with Crippen LogP contribution >= 0.6 is 0 Å². The number of nitrogens with two attached hydrogens (primary N) is 1. The third-order valence-electron chi connectivity index (χ3n) is 2.66. The van der Waals surface area contributed by atoms with Crippen molar-refractivity contribution in [1.29, 1.82) is 0 Å². The summed E-state index contributed by atoms with van der Waals surface area (Å²) in [6, 6.07) is 9.62. The Labute approximate surface area is 100 Å². The minimum absolute atomic E-state index is 0.170. The van der Waals surface area contributed by atoms with E-state index in [0.29, 0.717) is 5.69 Å². The molecule has 0 fully saturated rings. The summed E-state index contributed by atoms with van der Waals surface area (Å²) in [5, 5.41) is 3.09. The smallest absolute Gasteiger partial charge is 0.290 e.